The Morgan fingerprint density at radius 1 is 1.05 bits per heavy atom. The number of aromatic nitrogens is 4. The molecule has 218 valence electrons. The van der Waals surface area contributed by atoms with Crippen molar-refractivity contribution < 1.29 is 8.78 Å². The van der Waals surface area contributed by atoms with E-state index < -0.39 is 6.43 Å². The van der Waals surface area contributed by atoms with Crippen molar-refractivity contribution in [3.8, 4) is 11.1 Å². The maximum atomic E-state index is 14.4. The number of nitrogens with zero attached hydrogens (tertiary/aromatic N) is 6. The summed E-state index contributed by atoms with van der Waals surface area (Å²) in [5.41, 5.74) is 6.51. The van der Waals surface area contributed by atoms with E-state index in [1.165, 1.54) is 50.0 Å². The van der Waals surface area contributed by atoms with Crippen molar-refractivity contribution in [3.63, 3.8) is 0 Å². The zero-order valence-corrected chi connectivity index (χ0v) is 23.9. The number of nitrogens with one attached hydrogen (secondary N) is 2. The van der Waals surface area contributed by atoms with Crippen LogP contribution in [0, 0.1) is 5.41 Å². The van der Waals surface area contributed by atoms with Gasteiger partial charge in [-0.1, -0.05) is 0 Å². The van der Waals surface area contributed by atoms with Crippen LogP contribution in [0.5, 0.6) is 0 Å². The van der Waals surface area contributed by atoms with E-state index in [-0.39, 0.29) is 5.56 Å². The molecular weight excluding hydrogens is 522 g/mol. The van der Waals surface area contributed by atoms with Gasteiger partial charge in [0.2, 0.25) is 0 Å². The second-order valence-electron chi connectivity index (χ2n) is 13.1. The van der Waals surface area contributed by atoms with E-state index in [9.17, 15) is 8.78 Å². The van der Waals surface area contributed by atoms with Gasteiger partial charge in [-0.2, -0.15) is 10.2 Å². The van der Waals surface area contributed by atoms with Crippen molar-refractivity contribution in [1.82, 2.24) is 35.1 Å². The molecule has 2 N–H and O–H groups in total. The fourth-order valence-electron chi connectivity index (χ4n) is 8.12. The molecule has 0 radical (unpaired) electrons. The molecule has 2 aromatic heterocycles. The molecule has 10 heteroatoms. The van der Waals surface area contributed by atoms with E-state index in [1.54, 1.807) is 16.9 Å². The number of aryl methyl sites for hydroxylation is 2. The third-order valence-electron chi connectivity index (χ3n) is 10.5. The summed E-state index contributed by atoms with van der Waals surface area (Å²) in [5.74, 6) is 0.968. The molecule has 1 aromatic carbocycles. The smallest absolute Gasteiger partial charge is 0.264 e. The van der Waals surface area contributed by atoms with Crippen LogP contribution in [0.3, 0.4) is 0 Å². The summed E-state index contributed by atoms with van der Waals surface area (Å²) in [6.07, 6.45) is 8.66. The Kier molecular flexibility index (Phi) is 6.23. The third kappa shape index (κ3) is 4.32. The maximum Gasteiger partial charge on any atom is 0.264 e. The standard InChI is InChI=1S/C31H40F2N8/c1-38-17-21(13-36-38)24-11-20-3-2-10-40(28(20)12-25(24)29(32)33)30-26-16-34-9-6-27(26)41(37-30)22-4-7-31(8-5-22)18-39(19-31)23-14-35-15-23/h11-13,17,22-23,29,34-35H,2-10,14-16,18-19H2,1H3. The van der Waals surface area contributed by atoms with E-state index in [0.717, 1.165) is 80.7 Å². The minimum atomic E-state index is -2.56. The van der Waals surface area contributed by atoms with Crippen LogP contribution in [0.1, 0.15) is 67.0 Å². The van der Waals surface area contributed by atoms with Gasteiger partial charge >= 0.3 is 0 Å². The van der Waals surface area contributed by atoms with Gasteiger partial charge in [-0.15, -0.1) is 0 Å². The second kappa shape index (κ2) is 9.88. The normalized spacial score (nSPS) is 23.0. The first kappa shape index (κ1) is 25.9. The van der Waals surface area contributed by atoms with Gasteiger partial charge in [0.1, 0.15) is 0 Å². The van der Waals surface area contributed by atoms with E-state index >= 15 is 0 Å². The quantitative estimate of drug-likeness (QED) is 0.483. The zero-order valence-electron chi connectivity index (χ0n) is 23.9. The van der Waals surface area contributed by atoms with Crippen LogP contribution in [0.2, 0.25) is 0 Å². The van der Waals surface area contributed by atoms with Crippen LogP contribution in [0.15, 0.2) is 24.5 Å². The molecular formula is C31H40F2N8. The molecule has 3 fully saturated rings. The SMILES string of the molecule is Cn1cc(-c2cc3c(cc2C(F)F)N(c2nn(C4CCC5(CC4)CN(C4CNC4)C5)c4c2CNCC4)CCC3)cn1. The summed E-state index contributed by atoms with van der Waals surface area (Å²) in [4.78, 5) is 4.92. The van der Waals surface area contributed by atoms with Crippen LogP contribution in [0.4, 0.5) is 20.3 Å². The molecule has 41 heavy (non-hydrogen) atoms. The molecule has 8 nitrogen and oxygen atoms in total. The second-order valence-corrected chi connectivity index (χ2v) is 13.1. The molecule has 0 bridgehead atoms. The average Bonchev–Trinajstić information content (AvgIpc) is 3.54. The monoisotopic (exact) mass is 562 g/mol. The van der Waals surface area contributed by atoms with E-state index in [2.05, 4.69) is 30.2 Å². The highest BCUT2D eigenvalue weighted by atomic mass is 19.3. The van der Waals surface area contributed by atoms with E-state index in [1.807, 2.05) is 19.3 Å². The summed E-state index contributed by atoms with van der Waals surface area (Å²) in [6.45, 7) is 7.36. The summed E-state index contributed by atoms with van der Waals surface area (Å²) in [7, 11) is 1.82. The lowest BCUT2D eigenvalue weighted by Crippen LogP contribution is -2.68. The van der Waals surface area contributed by atoms with Gasteiger partial charge in [0, 0.05) is 99.6 Å². The lowest BCUT2D eigenvalue weighted by molar-refractivity contribution is -0.0730. The van der Waals surface area contributed by atoms with Gasteiger partial charge in [0.15, 0.2) is 5.82 Å². The number of likely N-dealkylation sites (tertiary alicyclic amines) is 1. The summed E-state index contributed by atoms with van der Waals surface area (Å²) in [5, 5.41) is 16.5. The number of alkyl halides is 2. The van der Waals surface area contributed by atoms with Crippen LogP contribution in [0.25, 0.3) is 11.1 Å². The van der Waals surface area contributed by atoms with Gasteiger partial charge in [-0.05, 0) is 67.2 Å². The molecule has 8 rings (SSSR count). The van der Waals surface area contributed by atoms with Gasteiger partial charge in [0.25, 0.3) is 6.43 Å². The number of halogens is 2. The number of anilines is 2. The largest absolute Gasteiger partial charge is 0.324 e. The van der Waals surface area contributed by atoms with Gasteiger partial charge in [-0.25, -0.2) is 8.78 Å². The first-order valence-corrected chi connectivity index (χ1v) is 15.5. The Balaban J connectivity index is 1.10. The van der Waals surface area contributed by atoms with E-state index in [4.69, 9.17) is 5.10 Å². The Morgan fingerprint density at radius 2 is 1.88 bits per heavy atom. The van der Waals surface area contributed by atoms with Crippen LogP contribution in [-0.4, -0.2) is 69.8 Å². The minimum Gasteiger partial charge on any atom is -0.324 e. The van der Waals surface area contributed by atoms with Crippen molar-refractivity contribution in [2.24, 2.45) is 12.5 Å². The van der Waals surface area contributed by atoms with Gasteiger partial charge in [0.05, 0.1) is 12.2 Å². The molecule has 1 spiro atoms. The molecule has 0 amide bonds. The Bertz CT molecular complexity index is 1440. The Labute approximate surface area is 240 Å². The lowest BCUT2D eigenvalue weighted by atomic mass is 9.66. The van der Waals surface area contributed by atoms with Crippen molar-refractivity contribution in [2.45, 2.75) is 70.0 Å². The summed E-state index contributed by atoms with van der Waals surface area (Å²) in [6, 6.07) is 4.89. The van der Waals surface area contributed by atoms with Crippen molar-refractivity contribution in [2.75, 3.05) is 44.2 Å². The van der Waals surface area contributed by atoms with Crippen molar-refractivity contribution in [3.05, 3.63) is 46.9 Å². The Hall–Kier alpha value is -2.82. The highest BCUT2D eigenvalue weighted by Gasteiger charge is 2.48. The molecule has 3 aromatic rings. The van der Waals surface area contributed by atoms with Gasteiger partial charge in [-0.3, -0.25) is 14.3 Å². The highest BCUT2D eigenvalue weighted by molar-refractivity contribution is 5.76. The topological polar surface area (TPSA) is 66.2 Å². The highest BCUT2D eigenvalue weighted by Crippen LogP contribution is 2.49. The molecule has 0 unspecified atom stereocenters. The predicted molar refractivity (Wildman–Crippen MR) is 155 cm³/mol. The molecule has 5 aliphatic rings. The zero-order chi connectivity index (χ0) is 27.7. The van der Waals surface area contributed by atoms with Crippen LogP contribution < -0.4 is 15.5 Å². The molecule has 0 atom stereocenters. The van der Waals surface area contributed by atoms with Crippen LogP contribution >= 0.6 is 0 Å². The molecule has 1 saturated carbocycles. The van der Waals surface area contributed by atoms with Crippen molar-refractivity contribution in [1.29, 1.82) is 0 Å². The number of rotatable bonds is 5. The Morgan fingerprint density at radius 3 is 2.59 bits per heavy atom. The van der Waals surface area contributed by atoms with E-state index in [0.29, 0.717) is 17.0 Å². The fraction of sp³-hybridized carbons (Fsp3) is 0.613. The van der Waals surface area contributed by atoms with Crippen molar-refractivity contribution >= 4 is 11.5 Å². The maximum absolute atomic E-state index is 14.4. The molecule has 1 aliphatic carbocycles. The predicted octanol–water partition coefficient (Wildman–Crippen LogP) is 4.34. The number of hydrogen-bond acceptors (Lipinski definition) is 6. The fourth-order valence-corrected chi connectivity index (χ4v) is 8.12. The minimum absolute atomic E-state index is 0.0693. The lowest BCUT2D eigenvalue weighted by Gasteiger charge is -2.58. The molecule has 6 heterocycles. The third-order valence-corrected chi connectivity index (χ3v) is 10.5. The first-order valence-electron chi connectivity index (χ1n) is 15.5. The molecule has 4 aliphatic heterocycles. The summed E-state index contributed by atoms with van der Waals surface area (Å²) < 4.78 is 32.9. The molecule has 2 saturated heterocycles. The average molecular weight is 563 g/mol. The summed E-state index contributed by atoms with van der Waals surface area (Å²) >= 11 is 0. The van der Waals surface area contributed by atoms with Gasteiger partial charge < -0.3 is 15.5 Å². The number of fused-ring (bicyclic) bond motifs is 2. The van der Waals surface area contributed by atoms with Crippen LogP contribution in [-0.2, 0) is 26.4 Å². The number of hydrogen-bond donors (Lipinski definition) is 2. The number of benzene rings is 1. The first-order chi connectivity index (χ1) is 20.0.